The Balaban J connectivity index is 2.19. The van der Waals surface area contributed by atoms with Crippen LogP contribution in [0.3, 0.4) is 0 Å². The Hall–Kier alpha value is -0.970. The highest BCUT2D eigenvalue weighted by atomic mass is 35.5. The van der Waals surface area contributed by atoms with Gasteiger partial charge in [0.2, 0.25) is 0 Å². The minimum Gasteiger partial charge on any atom is -0.309 e. The molecule has 1 atom stereocenters. The Kier molecular flexibility index (Phi) is 5.52. The Morgan fingerprint density at radius 2 is 2.25 bits per heavy atom. The molecule has 0 spiro atoms. The molecule has 5 heteroatoms. The minimum absolute atomic E-state index is 0.178. The molecule has 0 fully saturated rings. The molecule has 1 unspecified atom stereocenters. The zero-order valence-corrected chi connectivity index (χ0v) is 13.2. The first-order valence-electron chi connectivity index (χ1n) is 6.69. The molecule has 0 aliphatic heterocycles. The van der Waals surface area contributed by atoms with Gasteiger partial charge in [-0.15, -0.1) is 11.3 Å². The van der Waals surface area contributed by atoms with Crippen LogP contribution in [-0.2, 0) is 6.42 Å². The first-order chi connectivity index (χ1) is 9.61. The topological polar surface area (TPSA) is 24.9 Å². The molecular formula is C15H18ClFN2S. The molecule has 2 rings (SSSR count). The number of benzene rings is 1. The number of rotatable bonds is 6. The van der Waals surface area contributed by atoms with Gasteiger partial charge in [-0.2, -0.15) is 0 Å². The lowest BCUT2D eigenvalue weighted by Crippen LogP contribution is -2.24. The predicted octanol–water partition coefficient (Wildman–Crippen LogP) is 4.53. The molecule has 1 aromatic heterocycles. The largest absolute Gasteiger partial charge is 0.309 e. The minimum atomic E-state index is -0.373. The fraction of sp³-hybridized carbons (Fsp3) is 0.400. The molecule has 0 aliphatic rings. The van der Waals surface area contributed by atoms with E-state index in [1.54, 1.807) is 23.5 Å². The molecule has 0 radical (unpaired) electrons. The number of thiazole rings is 1. The van der Waals surface area contributed by atoms with Gasteiger partial charge in [0, 0.05) is 10.9 Å². The quantitative estimate of drug-likeness (QED) is 0.848. The van der Waals surface area contributed by atoms with Gasteiger partial charge in [-0.05, 0) is 44.0 Å². The highest BCUT2D eigenvalue weighted by Gasteiger charge is 2.16. The summed E-state index contributed by atoms with van der Waals surface area (Å²) in [5.41, 5.74) is 3.94. The van der Waals surface area contributed by atoms with Crippen molar-refractivity contribution < 1.29 is 4.39 Å². The van der Waals surface area contributed by atoms with E-state index in [0.29, 0.717) is 0 Å². The molecule has 2 nitrogen and oxygen atoms in total. The van der Waals surface area contributed by atoms with Crippen molar-refractivity contribution in [3.63, 3.8) is 0 Å². The van der Waals surface area contributed by atoms with Crippen LogP contribution < -0.4 is 5.32 Å². The molecule has 0 saturated carbocycles. The number of aryl methyl sites for hydroxylation is 1. The van der Waals surface area contributed by atoms with Crippen molar-refractivity contribution in [3.05, 3.63) is 50.7 Å². The highest BCUT2D eigenvalue weighted by molar-refractivity contribution is 7.09. The molecule has 20 heavy (non-hydrogen) atoms. The third-order valence-electron chi connectivity index (χ3n) is 3.16. The summed E-state index contributed by atoms with van der Waals surface area (Å²) in [6, 6.07) is 5.11. The van der Waals surface area contributed by atoms with Crippen LogP contribution in [0.1, 0.15) is 35.5 Å². The zero-order valence-electron chi connectivity index (χ0n) is 11.6. The van der Waals surface area contributed by atoms with Gasteiger partial charge in [-0.3, -0.25) is 0 Å². The van der Waals surface area contributed by atoms with Crippen molar-refractivity contribution in [1.29, 1.82) is 0 Å². The van der Waals surface area contributed by atoms with Crippen molar-refractivity contribution in [2.75, 3.05) is 6.54 Å². The third kappa shape index (κ3) is 3.78. The van der Waals surface area contributed by atoms with Crippen molar-refractivity contribution in [2.24, 2.45) is 0 Å². The molecule has 108 valence electrons. The first-order valence-corrected chi connectivity index (χ1v) is 7.95. The number of aromatic nitrogens is 1. The van der Waals surface area contributed by atoms with Gasteiger partial charge < -0.3 is 5.32 Å². The van der Waals surface area contributed by atoms with Gasteiger partial charge in [0.05, 0.1) is 16.2 Å². The van der Waals surface area contributed by atoms with Crippen molar-refractivity contribution >= 4 is 22.9 Å². The van der Waals surface area contributed by atoms with Gasteiger partial charge in [-0.1, -0.05) is 24.6 Å². The SMILES string of the molecule is CCCNC(Cc1ccc(F)c(Cl)c1)c1scnc1C. The molecule has 0 amide bonds. The molecular weight excluding hydrogens is 295 g/mol. The molecule has 1 aromatic carbocycles. The molecule has 1 N–H and O–H groups in total. The zero-order chi connectivity index (χ0) is 14.5. The second-order valence-electron chi connectivity index (χ2n) is 4.76. The number of hydrogen-bond donors (Lipinski definition) is 1. The van der Waals surface area contributed by atoms with E-state index in [9.17, 15) is 4.39 Å². The lowest BCUT2D eigenvalue weighted by atomic mass is 10.0. The van der Waals surface area contributed by atoms with Crippen LogP contribution in [0.4, 0.5) is 4.39 Å². The van der Waals surface area contributed by atoms with E-state index in [4.69, 9.17) is 11.6 Å². The van der Waals surface area contributed by atoms with Crippen molar-refractivity contribution in [1.82, 2.24) is 10.3 Å². The van der Waals surface area contributed by atoms with E-state index >= 15 is 0 Å². The molecule has 0 aliphatic carbocycles. The molecule has 0 bridgehead atoms. The number of halogens is 2. The highest BCUT2D eigenvalue weighted by Crippen LogP contribution is 2.26. The fourth-order valence-corrected chi connectivity index (χ4v) is 3.21. The van der Waals surface area contributed by atoms with Crippen LogP contribution in [0.25, 0.3) is 0 Å². The van der Waals surface area contributed by atoms with Crippen molar-refractivity contribution in [3.8, 4) is 0 Å². The lowest BCUT2D eigenvalue weighted by Gasteiger charge is -2.18. The van der Waals surface area contributed by atoms with E-state index in [-0.39, 0.29) is 16.9 Å². The van der Waals surface area contributed by atoms with Crippen LogP contribution in [0.15, 0.2) is 23.7 Å². The molecule has 0 saturated heterocycles. The normalized spacial score (nSPS) is 12.6. The summed E-state index contributed by atoms with van der Waals surface area (Å²) in [6.07, 6.45) is 1.85. The van der Waals surface area contributed by atoms with Crippen LogP contribution in [0.2, 0.25) is 5.02 Å². The van der Waals surface area contributed by atoms with Gasteiger partial charge in [-0.25, -0.2) is 9.37 Å². The van der Waals surface area contributed by atoms with Crippen LogP contribution in [0.5, 0.6) is 0 Å². The lowest BCUT2D eigenvalue weighted by molar-refractivity contribution is 0.533. The summed E-state index contributed by atoms with van der Waals surface area (Å²) >= 11 is 7.51. The molecule has 1 heterocycles. The van der Waals surface area contributed by atoms with Crippen LogP contribution >= 0.6 is 22.9 Å². The van der Waals surface area contributed by atoms with Gasteiger partial charge in [0.15, 0.2) is 0 Å². The fourth-order valence-electron chi connectivity index (χ4n) is 2.12. The smallest absolute Gasteiger partial charge is 0.141 e. The average molecular weight is 313 g/mol. The van der Waals surface area contributed by atoms with E-state index in [2.05, 4.69) is 17.2 Å². The van der Waals surface area contributed by atoms with Crippen molar-refractivity contribution in [2.45, 2.75) is 32.7 Å². The Labute approximate surface area is 128 Å². The van der Waals surface area contributed by atoms with Crippen LogP contribution in [-0.4, -0.2) is 11.5 Å². The number of hydrogen-bond acceptors (Lipinski definition) is 3. The van der Waals surface area contributed by atoms with E-state index in [1.165, 1.54) is 10.9 Å². The van der Waals surface area contributed by atoms with E-state index in [1.807, 2.05) is 12.4 Å². The number of nitrogens with zero attached hydrogens (tertiary/aromatic N) is 1. The van der Waals surface area contributed by atoms with Crippen LogP contribution in [0, 0.1) is 12.7 Å². The van der Waals surface area contributed by atoms with Gasteiger partial charge in [0.25, 0.3) is 0 Å². The number of nitrogens with one attached hydrogen (secondary N) is 1. The predicted molar refractivity (Wildman–Crippen MR) is 83.0 cm³/mol. The summed E-state index contributed by atoms with van der Waals surface area (Å²) in [7, 11) is 0. The summed E-state index contributed by atoms with van der Waals surface area (Å²) in [5, 5.41) is 3.71. The molecule has 2 aromatic rings. The Morgan fingerprint density at radius 3 is 2.85 bits per heavy atom. The maximum absolute atomic E-state index is 13.2. The Bertz CT molecular complexity index is 571. The second kappa shape index (κ2) is 7.16. The summed E-state index contributed by atoms with van der Waals surface area (Å²) in [4.78, 5) is 5.55. The summed E-state index contributed by atoms with van der Waals surface area (Å²) < 4.78 is 13.2. The first kappa shape index (κ1) is 15.4. The standard InChI is InChI=1S/C15H18ClFN2S/c1-3-6-18-14(15-10(2)19-9-20-15)8-11-4-5-13(17)12(16)7-11/h4-5,7,9,14,18H,3,6,8H2,1-2H3. The third-order valence-corrected chi connectivity index (χ3v) is 4.50. The monoisotopic (exact) mass is 312 g/mol. The Morgan fingerprint density at radius 1 is 1.45 bits per heavy atom. The summed E-state index contributed by atoms with van der Waals surface area (Å²) in [6.45, 7) is 5.10. The maximum atomic E-state index is 13.2. The van der Waals surface area contributed by atoms with Gasteiger partial charge >= 0.3 is 0 Å². The van der Waals surface area contributed by atoms with E-state index < -0.39 is 0 Å². The maximum Gasteiger partial charge on any atom is 0.141 e. The van der Waals surface area contributed by atoms with Gasteiger partial charge in [0.1, 0.15) is 5.82 Å². The summed E-state index contributed by atoms with van der Waals surface area (Å²) in [5.74, 6) is -0.373. The average Bonchev–Trinajstić information content (AvgIpc) is 2.85. The van der Waals surface area contributed by atoms with E-state index in [0.717, 1.165) is 30.6 Å². The second-order valence-corrected chi connectivity index (χ2v) is 6.05.